The van der Waals surface area contributed by atoms with E-state index in [2.05, 4.69) is 34.8 Å². The van der Waals surface area contributed by atoms with Gasteiger partial charge in [-0.05, 0) is 37.4 Å². The number of thioether (sulfide) groups is 1. The second-order valence-electron chi connectivity index (χ2n) is 4.71. The number of rotatable bonds is 3. The first-order chi connectivity index (χ1) is 10.1. The lowest BCUT2D eigenvalue weighted by atomic mass is 10.2. The number of aryl methyl sites for hydroxylation is 1. The first kappa shape index (κ1) is 15.4. The third-order valence-electron chi connectivity index (χ3n) is 3.13. The monoisotopic (exact) mass is 305 g/mol. The van der Waals surface area contributed by atoms with Crippen molar-refractivity contribution in [3.63, 3.8) is 0 Å². The number of carbonyl (C=O) groups excluding carboxylic acids is 1. The van der Waals surface area contributed by atoms with Crippen LogP contribution in [0.1, 0.15) is 6.92 Å². The second kappa shape index (κ2) is 6.67. The summed E-state index contributed by atoms with van der Waals surface area (Å²) >= 11 is 1.67. The molecule has 0 N–H and O–H groups in total. The predicted octanol–water partition coefficient (Wildman–Crippen LogP) is 2.90. The molecule has 2 aromatic rings. The van der Waals surface area contributed by atoms with Gasteiger partial charge in [0.1, 0.15) is 5.36 Å². The summed E-state index contributed by atoms with van der Waals surface area (Å²) in [7, 11) is 3.25. The summed E-state index contributed by atoms with van der Waals surface area (Å²) in [6, 6.07) is 8.07. The van der Waals surface area contributed by atoms with E-state index in [1.807, 2.05) is 18.5 Å². The van der Waals surface area contributed by atoms with Gasteiger partial charge in [-0.15, -0.1) is 11.8 Å². The number of amides is 1. The van der Waals surface area contributed by atoms with Crippen LogP contribution in [-0.4, -0.2) is 35.9 Å². The molecule has 2 rings (SSSR count). The molecule has 0 spiro atoms. The van der Waals surface area contributed by atoms with Gasteiger partial charge < -0.3 is 9.47 Å². The number of hydrogen-bond acceptors (Lipinski definition) is 4. The van der Waals surface area contributed by atoms with Gasteiger partial charge in [0, 0.05) is 37.1 Å². The molecule has 0 bridgehead atoms. The first-order valence-corrected chi connectivity index (χ1v) is 7.88. The standard InChI is InChI=1S/C15H19N3O2S/c1-5-18-9-8-13(16-20-15(19)17(2)3)12-10-11(21-4)6-7-14(12)18/h6-10H,5H2,1-4H3/b16-13+. The molecule has 5 nitrogen and oxygen atoms in total. The Bertz CT molecular complexity index is 722. The molecule has 0 aliphatic heterocycles. The number of nitrogens with zero attached hydrogens (tertiary/aromatic N) is 3. The van der Waals surface area contributed by atoms with Gasteiger partial charge in [-0.1, -0.05) is 5.16 Å². The minimum atomic E-state index is -0.489. The molecule has 0 aliphatic rings. The highest BCUT2D eigenvalue weighted by molar-refractivity contribution is 7.98. The Morgan fingerprint density at radius 2 is 2.14 bits per heavy atom. The molecule has 6 heteroatoms. The number of pyridine rings is 1. The highest BCUT2D eigenvalue weighted by Gasteiger charge is 2.06. The summed E-state index contributed by atoms with van der Waals surface area (Å²) in [6.07, 6.45) is 3.49. The molecular formula is C15H19N3O2S. The zero-order valence-corrected chi connectivity index (χ0v) is 13.5. The first-order valence-electron chi connectivity index (χ1n) is 6.66. The van der Waals surface area contributed by atoms with Crippen molar-refractivity contribution in [1.29, 1.82) is 0 Å². The summed E-state index contributed by atoms with van der Waals surface area (Å²) in [5, 5.41) is 5.62. The van der Waals surface area contributed by atoms with Crippen LogP contribution in [0.5, 0.6) is 0 Å². The van der Waals surface area contributed by atoms with E-state index in [-0.39, 0.29) is 0 Å². The average Bonchev–Trinajstić information content (AvgIpc) is 2.51. The third-order valence-corrected chi connectivity index (χ3v) is 3.85. The molecule has 21 heavy (non-hydrogen) atoms. The molecule has 0 fully saturated rings. The van der Waals surface area contributed by atoms with Crippen molar-refractivity contribution in [2.24, 2.45) is 5.16 Å². The maximum atomic E-state index is 11.5. The smallest absolute Gasteiger partial charge is 0.348 e. The van der Waals surface area contributed by atoms with E-state index in [1.165, 1.54) is 4.90 Å². The Kier molecular flexibility index (Phi) is 4.90. The minimum absolute atomic E-state index is 0.489. The maximum Gasteiger partial charge on any atom is 0.435 e. The van der Waals surface area contributed by atoms with Crippen LogP contribution in [0.3, 0.4) is 0 Å². The molecule has 0 unspecified atom stereocenters. The summed E-state index contributed by atoms with van der Waals surface area (Å²) in [5.41, 5.74) is 1.07. The fourth-order valence-corrected chi connectivity index (χ4v) is 2.39. The zero-order chi connectivity index (χ0) is 15.4. The van der Waals surface area contributed by atoms with Crippen molar-refractivity contribution in [3.05, 3.63) is 35.8 Å². The van der Waals surface area contributed by atoms with Crippen molar-refractivity contribution in [2.45, 2.75) is 18.4 Å². The molecule has 0 atom stereocenters. The Hall–Kier alpha value is -1.95. The molecule has 0 aliphatic carbocycles. The molecule has 0 saturated heterocycles. The van der Waals surface area contributed by atoms with Crippen molar-refractivity contribution in [2.75, 3.05) is 20.4 Å². The van der Waals surface area contributed by atoms with Crippen LogP contribution in [0.4, 0.5) is 4.79 Å². The molecule has 1 aromatic heterocycles. The summed E-state index contributed by atoms with van der Waals surface area (Å²) < 4.78 is 2.13. The fraction of sp³-hybridized carbons (Fsp3) is 0.333. The van der Waals surface area contributed by atoms with Gasteiger partial charge in [0.15, 0.2) is 0 Å². The molecule has 112 valence electrons. The second-order valence-corrected chi connectivity index (χ2v) is 5.59. The Labute approximate surface area is 128 Å². The van der Waals surface area contributed by atoms with E-state index in [0.717, 1.165) is 22.3 Å². The Morgan fingerprint density at radius 1 is 1.38 bits per heavy atom. The highest BCUT2D eigenvalue weighted by atomic mass is 32.2. The number of aromatic nitrogens is 1. The van der Waals surface area contributed by atoms with E-state index >= 15 is 0 Å². The Balaban J connectivity index is 2.58. The van der Waals surface area contributed by atoms with Crippen LogP contribution in [0.2, 0.25) is 0 Å². The van der Waals surface area contributed by atoms with Gasteiger partial charge in [-0.2, -0.15) is 0 Å². The molecule has 1 amide bonds. The van der Waals surface area contributed by atoms with Crippen LogP contribution in [0.25, 0.3) is 10.9 Å². The molecular weight excluding hydrogens is 286 g/mol. The van der Waals surface area contributed by atoms with Crippen LogP contribution >= 0.6 is 11.8 Å². The van der Waals surface area contributed by atoms with E-state index < -0.39 is 6.09 Å². The quantitative estimate of drug-likeness (QED) is 0.497. The SMILES string of the molecule is CCn1cc/c(=N\OC(=O)N(C)C)c2cc(SC)ccc21. The van der Waals surface area contributed by atoms with Gasteiger partial charge in [-0.3, -0.25) is 4.84 Å². The minimum Gasteiger partial charge on any atom is -0.348 e. The van der Waals surface area contributed by atoms with E-state index in [0.29, 0.717) is 5.36 Å². The van der Waals surface area contributed by atoms with E-state index in [4.69, 9.17) is 4.84 Å². The van der Waals surface area contributed by atoms with Crippen LogP contribution in [0, 0.1) is 0 Å². The molecule has 1 aromatic carbocycles. The largest absolute Gasteiger partial charge is 0.435 e. The van der Waals surface area contributed by atoms with E-state index in [1.54, 1.807) is 25.9 Å². The topological polar surface area (TPSA) is 46.8 Å². The average molecular weight is 305 g/mol. The highest BCUT2D eigenvalue weighted by Crippen LogP contribution is 2.19. The number of carbonyl (C=O) groups is 1. The summed E-state index contributed by atoms with van der Waals surface area (Å²) in [4.78, 5) is 18.9. The van der Waals surface area contributed by atoms with Gasteiger partial charge >= 0.3 is 6.09 Å². The Morgan fingerprint density at radius 3 is 2.76 bits per heavy atom. The van der Waals surface area contributed by atoms with Gasteiger partial charge in [0.05, 0.1) is 5.52 Å². The third kappa shape index (κ3) is 3.39. The van der Waals surface area contributed by atoms with Crippen molar-refractivity contribution in [3.8, 4) is 0 Å². The van der Waals surface area contributed by atoms with Crippen molar-refractivity contribution in [1.82, 2.24) is 9.47 Å². The fourth-order valence-electron chi connectivity index (χ4n) is 1.95. The number of benzene rings is 1. The number of hydrogen-bond donors (Lipinski definition) is 0. The lowest BCUT2D eigenvalue weighted by Crippen LogP contribution is -2.22. The van der Waals surface area contributed by atoms with Gasteiger partial charge in [0.25, 0.3) is 0 Å². The zero-order valence-electron chi connectivity index (χ0n) is 12.7. The molecule has 1 heterocycles. The predicted molar refractivity (Wildman–Crippen MR) is 85.1 cm³/mol. The summed E-state index contributed by atoms with van der Waals surface area (Å²) in [5.74, 6) is 0. The molecule has 0 saturated carbocycles. The van der Waals surface area contributed by atoms with Gasteiger partial charge in [-0.25, -0.2) is 4.79 Å². The van der Waals surface area contributed by atoms with Crippen LogP contribution < -0.4 is 5.36 Å². The van der Waals surface area contributed by atoms with Crippen LogP contribution in [0.15, 0.2) is 40.5 Å². The lowest BCUT2D eigenvalue weighted by molar-refractivity contribution is 0.118. The lowest BCUT2D eigenvalue weighted by Gasteiger charge is -2.10. The van der Waals surface area contributed by atoms with E-state index in [9.17, 15) is 4.79 Å². The molecule has 0 radical (unpaired) electrons. The normalized spacial score (nSPS) is 11.7. The number of fused-ring (bicyclic) bond motifs is 1. The van der Waals surface area contributed by atoms with Crippen molar-refractivity contribution >= 4 is 28.8 Å². The van der Waals surface area contributed by atoms with Gasteiger partial charge in [0.2, 0.25) is 0 Å². The van der Waals surface area contributed by atoms with Crippen molar-refractivity contribution < 1.29 is 9.63 Å². The van der Waals surface area contributed by atoms with Crippen LogP contribution in [-0.2, 0) is 11.4 Å². The maximum absolute atomic E-state index is 11.5. The summed E-state index contributed by atoms with van der Waals surface area (Å²) in [6.45, 7) is 2.96.